The minimum Gasteiger partial charge on any atom is -0.0910 e. The molecule has 0 aliphatic carbocycles. The molecule has 0 heterocycles. The van der Waals surface area contributed by atoms with Crippen molar-refractivity contribution in [2.45, 2.75) is 25.5 Å². The van der Waals surface area contributed by atoms with Gasteiger partial charge in [0, 0.05) is 0 Å². The molecule has 0 aromatic carbocycles. The van der Waals surface area contributed by atoms with Crippen molar-refractivity contribution in [2.75, 3.05) is 0 Å². The van der Waals surface area contributed by atoms with E-state index in [2.05, 4.69) is 29.4 Å². The number of rotatable bonds is 2. The normalized spacial score (nSPS) is 18.0. The van der Waals surface area contributed by atoms with Gasteiger partial charge in [0.2, 0.25) is 0 Å². The summed E-state index contributed by atoms with van der Waals surface area (Å²) in [6.07, 6.45) is 1.30. The quantitative estimate of drug-likeness (QED) is 0.390. The fraction of sp³-hybridized carbons (Fsp3) is 1.00. The first-order valence-electron chi connectivity index (χ1n) is 3.12. The van der Waals surface area contributed by atoms with E-state index in [1.54, 1.807) is 0 Å². The van der Waals surface area contributed by atoms with Crippen LogP contribution in [0.2, 0.25) is 5.21 Å². The molecule has 0 aliphatic rings. The van der Waals surface area contributed by atoms with E-state index in [-0.39, 0.29) is 0 Å². The van der Waals surface area contributed by atoms with Crippen LogP contribution >= 0.6 is 0 Å². The highest BCUT2D eigenvalue weighted by atomic mass is 13.9. The molecule has 0 fully saturated rings. The minimum atomic E-state index is 0.583. The Hall–Kier alpha value is 0.195. The van der Waals surface area contributed by atoms with E-state index in [9.17, 15) is 0 Å². The average molecular weight is 93.6 g/mol. The predicted octanol–water partition coefficient (Wildman–Crippen LogP) is -0.850. The monoisotopic (exact) mass is 94.1 g/mol. The fourth-order valence-corrected chi connectivity index (χ4v) is 0.250. The van der Waals surface area contributed by atoms with Gasteiger partial charge < -0.3 is 0 Å². The molecular weight excluding hydrogens is 80.5 g/mol. The summed E-state index contributed by atoms with van der Waals surface area (Å²) in [5, 5.41) is 0.583. The van der Waals surface area contributed by atoms with Gasteiger partial charge in [0.25, 0.3) is 0 Å². The molecule has 0 rings (SSSR count). The molecule has 0 aromatic heterocycles. The van der Waals surface area contributed by atoms with E-state index in [0.29, 0.717) is 5.21 Å². The maximum Gasteiger partial charge on any atom is 0.0984 e. The second kappa shape index (κ2) is 2.49. The summed E-state index contributed by atoms with van der Waals surface area (Å²) in [4.78, 5) is 0. The van der Waals surface area contributed by atoms with Gasteiger partial charge in [0.05, 0.1) is 22.8 Å². The van der Waals surface area contributed by atoms with E-state index in [1.807, 2.05) is 0 Å². The van der Waals surface area contributed by atoms with Crippen molar-refractivity contribution in [3.05, 3.63) is 0 Å². The van der Waals surface area contributed by atoms with Crippen LogP contribution in [0.3, 0.4) is 0 Å². The van der Waals surface area contributed by atoms with E-state index in [0.717, 1.165) is 0 Å². The third kappa shape index (κ3) is 2.84. The minimum absolute atomic E-state index is 0.583. The summed E-state index contributed by atoms with van der Waals surface area (Å²) < 4.78 is 0. The zero-order chi connectivity index (χ0) is 5.91. The Morgan fingerprint density at radius 1 is 1.71 bits per heavy atom. The lowest BCUT2D eigenvalue weighted by molar-refractivity contribution is 0.800. The van der Waals surface area contributed by atoms with Gasteiger partial charge in [-0.05, 0) is 0 Å². The predicted molar refractivity (Wildman–Crippen MR) is 42.9 cm³/mol. The molecule has 7 heavy (non-hydrogen) atoms. The van der Waals surface area contributed by atoms with Gasteiger partial charge in [-0.1, -0.05) is 25.5 Å². The van der Waals surface area contributed by atoms with Crippen LogP contribution in [0.25, 0.3) is 0 Å². The van der Waals surface area contributed by atoms with Crippen LogP contribution < -0.4 is 0 Å². The number of hydrogen-bond acceptors (Lipinski definition) is 0. The summed E-state index contributed by atoms with van der Waals surface area (Å²) in [7, 11) is 5.83. The SMILES string of the molecule is BBC(B)(C)CC. The van der Waals surface area contributed by atoms with Crippen LogP contribution in [0, 0.1) is 0 Å². The fourth-order valence-electron chi connectivity index (χ4n) is 0.250. The van der Waals surface area contributed by atoms with Crippen molar-refractivity contribution >= 4 is 22.8 Å². The largest absolute Gasteiger partial charge is 0.0984 e. The summed E-state index contributed by atoms with van der Waals surface area (Å²) in [6, 6.07) is 0. The van der Waals surface area contributed by atoms with Crippen LogP contribution in [-0.2, 0) is 0 Å². The number of hydrogen-bond donors (Lipinski definition) is 0. The van der Waals surface area contributed by atoms with E-state index >= 15 is 0 Å². The molecule has 1 unspecified atom stereocenters. The van der Waals surface area contributed by atoms with Crippen LogP contribution in [0.1, 0.15) is 20.3 Å². The van der Waals surface area contributed by atoms with Crippen molar-refractivity contribution < 1.29 is 0 Å². The topological polar surface area (TPSA) is 0 Å². The molecule has 0 aromatic rings. The second-order valence-corrected chi connectivity index (χ2v) is 2.87. The van der Waals surface area contributed by atoms with E-state index in [4.69, 9.17) is 0 Å². The summed E-state index contributed by atoms with van der Waals surface area (Å²) in [5.41, 5.74) is 0. The standard InChI is InChI=1S/C4H13B3/c1-3-4(2,5)7-6/h7H,3,5-6H2,1-2H3. The van der Waals surface area contributed by atoms with Gasteiger partial charge in [-0.25, -0.2) is 0 Å². The van der Waals surface area contributed by atoms with Crippen molar-refractivity contribution in [2.24, 2.45) is 0 Å². The van der Waals surface area contributed by atoms with Gasteiger partial charge in [0.1, 0.15) is 0 Å². The van der Waals surface area contributed by atoms with Crippen LogP contribution in [-0.4, -0.2) is 22.8 Å². The van der Waals surface area contributed by atoms with Gasteiger partial charge in [0.15, 0.2) is 0 Å². The first-order chi connectivity index (χ1) is 3.12. The Kier molecular flexibility index (Phi) is 2.56. The van der Waals surface area contributed by atoms with E-state index in [1.165, 1.54) is 13.6 Å². The molecule has 0 spiro atoms. The first-order valence-corrected chi connectivity index (χ1v) is 3.12. The van der Waals surface area contributed by atoms with Crippen molar-refractivity contribution in [3.8, 4) is 0 Å². The molecule has 0 aliphatic heterocycles. The lowest BCUT2D eigenvalue weighted by Crippen LogP contribution is -2.15. The molecule has 0 amide bonds. The smallest absolute Gasteiger partial charge is 0.0910 e. The zero-order valence-electron chi connectivity index (χ0n) is 5.91. The maximum absolute atomic E-state index is 2.30. The molecule has 0 bridgehead atoms. The summed E-state index contributed by atoms with van der Waals surface area (Å²) in [6.45, 7) is 4.54. The maximum atomic E-state index is 2.30. The lowest BCUT2D eigenvalue weighted by atomic mass is 9.32. The summed E-state index contributed by atoms with van der Waals surface area (Å²) in [5.74, 6) is 0. The Morgan fingerprint density at radius 3 is 2.14 bits per heavy atom. The molecule has 3 heteroatoms. The average Bonchev–Trinajstić information content (AvgIpc) is 1.68. The molecular formula is C4H13B3. The van der Waals surface area contributed by atoms with Crippen LogP contribution in [0.15, 0.2) is 0 Å². The molecule has 1 atom stereocenters. The van der Waals surface area contributed by atoms with Gasteiger partial charge in [-0.15, -0.1) is 0 Å². The molecule has 0 radical (unpaired) electrons. The Morgan fingerprint density at radius 2 is 2.14 bits per heavy atom. The van der Waals surface area contributed by atoms with Gasteiger partial charge in [-0.3, -0.25) is 0 Å². The molecule has 0 saturated heterocycles. The van der Waals surface area contributed by atoms with Crippen LogP contribution in [0.4, 0.5) is 0 Å². The molecule has 38 valence electrons. The second-order valence-electron chi connectivity index (χ2n) is 2.87. The zero-order valence-corrected chi connectivity index (χ0v) is 5.91. The third-order valence-electron chi connectivity index (χ3n) is 1.91. The van der Waals surface area contributed by atoms with Crippen molar-refractivity contribution in [3.63, 3.8) is 0 Å². The lowest BCUT2D eigenvalue weighted by Gasteiger charge is -2.17. The van der Waals surface area contributed by atoms with Gasteiger partial charge in [-0.2, -0.15) is 0 Å². The third-order valence-corrected chi connectivity index (χ3v) is 1.91. The summed E-state index contributed by atoms with van der Waals surface area (Å²) >= 11 is 0. The molecule has 0 saturated carbocycles. The van der Waals surface area contributed by atoms with Gasteiger partial charge >= 0.3 is 0 Å². The Labute approximate surface area is 49.1 Å². The highest BCUT2D eigenvalue weighted by molar-refractivity contribution is 6.94. The molecule has 0 N–H and O–H groups in total. The first kappa shape index (κ1) is 7.19. The van der Waals surface area contributed by atoms with Crippen molar-refractivity contribution in [1.82, 2.24) is 0 Å². The Balaban J connectivity index is 3.36. The Bertz CT molecular complexity index is 44.9. The molecule has 0 nitrogen and oxygen atoms in total. The highest BCUT2D eigenvalue weighted by Gasteiger charge is 2.11. The highest BCUT2D eigenvalue weighted by Crippen LogP contribution is 2.19. The van der Waals surface area contributed by atoms with Crippen molar-refractivity contribution in [1.29, 1.82) is 0 Å². The van der Waals surface area contributed by atoms with E-state index < -0.39 is 0 Å². The van der Waals surface area contributed by atoms with Crippen LogP contribution in [0.5, 0.6) is 0 Å².